The molecule has 0 atom stereocenters. The van der Waals surface area contributed by atoms with Gasteiger partial charge in [-0.15, -0.1) is 0 Å². The average Bonchev–Trinajstić information content (AvgIpc) is 2.80. The van der Waals surface area contributed by atoms with Gasteiger partial charge in [0.1, 0.15) is 0 Å². The zero-order valence-electron chi connectivity index (χ0n) is 6.94. The van der Waals surface area contributed by atoms with Crippen LogP contribution in [0.15, 0.2) is 33.5 Å². The van der Waals surface area contributed by atoms with Crippen LogP contribution in [0.1, 0.15) is 21.1 Å². The Morgan fingerprint density at radius 1 is 0.786 bits per heavy atom. The van der Waals surface area contributed by atoms with Crippen LogP contribution < -0.4 is 0 Å². The van der Waals surface area contributed by atoms with Crippen molar-refractivity contribution in [2.45, 2.75) is 0 Å². The van der Waals surface area contributed by atoms with Crippen molar-refractivity contribution in [3.8, 4) is 11.1 Å². The summed E-state index contributed by atoms with van der Waals surface area (Å²) >= 11 is 0. The highest BCUT2D eigenvalue weighted by Crippen LogP contribution is 2.34. The summed E-state index contributed by atoms with van der Waals surface area (Å²) in [6.45, 7) is 0. The van der Waals surface area contributed by atoms with E-state index in [0.29, 0.717) is 11.1 Å². The number of ketones is 2. The molecule has 0 amide bonds. The first-order valence-corrected chi connectivity index (χ1v) is 4.03. The highest BCUT2D eigenvalue weighted by atomic mass is 16.4. The van der Waals surface area contributed by atoms with Crippen LogP contribution in [-0.2, 0) is 0 Å². The second kappa shape index (κ2) is 2.23. The Hall–Kier alpha value is -2.10. The lowest BCUT2D eigenvalue weighted by Crippen LogP contribution is -2.18. The van der Waals surface area contributed by atoms with Crippen molar-refractivity contribution in [3.05, 3.63) is 36.2 Å². The lowest BCUT2D eigenvalue weighted by atomic mass is 9.95. The Bertz CT molecular complexity index is 494. The summed E-state index contributed by atoms with van der Waals surface area (Å²) in [6, 6.07) is 3.29. The lowest BCUT2D eigenvalue weighted by Gasteiger charge is -2.06. The molecule has 0 N–H and O–H groups in total. The molecular weight excluding hydrogens is 184 g/mol. The SMILES string of the molecule is O=C1C(=O)c2occc2-c2ccoc21. The Labute approximate surface area is 78.1 Å². The number of carbonyl (C=O) groups is 2. The van der Waals surface area contributed by atoms with Gasteiger partial charge in [0.05, 0.1) is 12.5 Å². The van der Waals surface area contributed by atoms with E-state index in [2.05, 4.69) is 0 Å². The van der Waals surface area contributed by atoms with E-state index in [-0.39, 0.29) is 11.5 Å². The van der Waals surface area contributed by atoms with Gasteiger partial charge in [0.2, 0.25) is 0 Å². The van der Waals surface area contributed by atoms with Gasteiger partial charge < -0.3 is 8.83 Å². The largest absolute Gasteiger partial charge is 0.460 e. The number of hydrogen-bond donors (Lipinski definition) is 0. The number of furan rings is 2. The monoisotopic (exact) mass is 188 g/mol. The molecule has 4 heteroatoms. The number of Topliss-reactive ketones (excluding diaryl/α,β-unsaturated/α-hetero) is 2. The number of rotatable bonds is 0. The predicted molar refractivity (Wildman–Crippen MR) is 45.1 cm³/mol. The van der Waals surface area contributed by atoms with Gasteiger partial charge in [-0.3, -0.25) is 9.59 Å². The second-order valence-corrected chi connectivity index (χ2v) is 2.99. The number of carbonyl (C=O) groups excluding carboxylic acids is 2. The molecule has 0 unspecified atom stereocenters. The van der Waals surface area contributed by atoms with Crippen molar-refractivity contribution in [3.63, 3.8) is 0 Å². The van der Waals surface area contributed by atoms with Crippen LogP contribution in [0, 0.1) is 0 Å². The Kier molecular flexibility index (Phi) is 1.16. The van der Waals surface area contributed by atoms with Crippen LogP contribution in [0.3, 0.4) is 0 Å². The molecule has 2 aromatic heterocycles. The molecule has 0 saturated heterocycles. The average molecular weight is 188 g/mol. The third-order valence-electron chi connectivity index (χ3n) is 2.24. The summed E-state index contributed by atoms with van der Waals surface area (Å²) in [7, 11) is 0. The highest BCUT2D eigenvalue weighted by Gasteiger charge is 2.35. The van der Waals surface area contributed by atoms with E-state index in [1.54, 1.807) is 12.1 Å². The smallest absolute Gasteiger partial charge is 0.272 e. The molecule has 0 saturated carbocycles. The molecule has 3 rings (SSSR count). The summed E-state index contributed by atoms with van der Waals surface area (Å²) in [5.74, 6) is -1.09. The van der Waals surface area contributed by atoms with E-state index >= 15 is 0 Å². The number of hydrogen-bond acceptors (Lipinski definition) is 4. The first-order chi connectivity index (χ1) is 6.79. The second-order valence-electron chi connectivity index (χ2n) is 2.99. The molecule has 2 heterocycles. The first kappa shape index (κ1) is 7.32. The molecule has 0 aromatic carbocycles. The molecule has 0 fully saturated rings. The third kappa shape index (κ3) is 0.682. The minimum absolute atomic E-state index is 0.101. The van der Waals surface area contributed by atoms with Crippen molar-refractivity contribution in [2.24, 2.45) is 0 Å². The van der Waals surface area contributed by atoms with Crippen LogP contribution in [0.2, 0.25) is 0 Å². The first-order valence-electron chi connectivity index (χ1n) is 4.03. The van der Waals surface area contributed by atoms with Crippen molar-refractivity contribution >= 4 is 11.6 Å². The molecule has 2 aromatic rings. The van der Waals surface area contributed by atoms with Crippen molar-refractivity contribution in [1.82, 2.24) is 0 Å². The van der Waals surface area contributed by atoms with Gasteiger partial charge in [0.15, 0.2) is 11.5 Å². The molecule has 0 radical (unpaired) electrons. The molecule has 4 nitrogen and oxygen atoms in total. The van der Waals surface area contributed by atoms with Gasteiger partial charge in [-0.05, 0) is 12.1 Å². The van der Waals surface area contributed by atoms with Crippen LogP contribution >= 0.6 is 0 Å². The molecule has 1 aliphatic rings. The Balaban J connectivity index is 2.43. The Morgan fingerprint density at radius 3 is 1.64 bits per heavy atom. The van der Waals surface area contributed by atoms with Crippen LogP contribution in [0.4, 0.5) is 0 Å². The minimum Gasteiger partial charge on any atom is -0.460 e. The fraction of sp³-hybridized carbons (Fsp3) is 0. The molecule has 0 aliphatic heterocycles. The molecule has 1 aliphatic carbocycles. The standard InChI is InChI=1S/C10H4O4/c11-7-8(12)10-6(2-4-14-10)5-1-3-13-9(5)7/h1-4H. The quantitative estimate of drug-likeness (QED) is 0.592. The number of fused-ring (bicyclic) bond motifs is 3. The molecule has 68 valence electrons. The summed E-state index contributed by atoms with van der Waals surface area (Å²) in [6.07, 6.45) is 2.77. The van der Waals surface area contributed by atoms with Gasteiger partial charge in [0, 0.05) is 11.1 Å². The van der Waals surface area contributed by atoms with Crippen molar-refractivity contribution in [2.75, 3.05) is 0 Å². The van der Waals surface area contributed by atoms with Gasteiger partial charge in [-0.2, -0.15) is 0 Å². The van der Waals surface area contributed by atoms with Crippen LogP contribution in [0.25, 0.3) is 11.1 Å². The fourth-order valence-corrected chi connectivity index (χ4v) is 1.60. The van der Waals surface area contributed by atoms with Gasteiger partial charge in [-0.25, -0.2) is 0 Å². The zero-order valence-corrected chi connectivity index (χ0v) is 6.94. The summed E-state index contributed by atoms with van der Waals surface area (Å²) in [4.78, 5) is 22.9. The van der Waals surface area contributed by atoms with Crippen LogP contribution in [-0.4, -0.2) is 11.6 Å². The van der Waals surface area contributed by atoms with Gasteiger partial charge in [-0.1, -0.05) is 0 Å². The predicted octanol–water partition coefficient (Wildman–Crippen LogP) is 1.92. The van der Waals surface area contributed by atoms with Gasteiger partial charge in [0.25, 0.3) is 11.6 Å². The fourth-order valence-electron chi connectivity index (χ4n) is 1.60. The highest BCUT2D eigenvalue weighted by molar-refractivity contribution is 6.51. The summed E-state index contributed by atoms with van der Waals surface area (Å²) < 4.78 is 9.91. The Morgan fingerprint density at radius 2 is 1.21 bits per heavy atom. The van der Waals surface area contributed by atoms with E-state index < -0.39 is 11.6 Å². The maximum atomic E-state index is 11.4. The zero-order chi connectivity index (χ0) is 9.71. The van der Waals surface area contributed by atoms with E-state index in [0.717, 1.165) is 0 Å². The van der Waals surface area contributed by atoms with E-state index in [4.69, 9.17) is 8.83 Å². The molecular formula is C10H4O4. The van der Waals surface area contributed by atoms with Crippen molar-refractivity contribution < 1.29 is 18.4 Å². The molecule has 14 heavy (non-hydrogen) atoms. The van der Waals surface area contributed by atoms with Crippen LogP contribution in [0.5, 0.6) is 0 Å². The normalized spacial score (nSPS) is 14.0. The maximum absolute atomic E-state index is 11.4. The van der Waals surface area contributed by atoms with E-state index in [1.165, 1.54) is 12.5 Å². The van der Waals surface area contributed by atoms with E-state index in [1.807, 2.05) is 0 Å². The minimum atomic E-state index is -0.646. The summed E-state index contributed by atoms with van der Waals surface area (Å²) in [5.41, 5.74) is 1.25. The summed E-state index contributed by atoms with van der Waals surface area (Å²) in [5, 5.41) is 0. The topological polar surface area (TPSA) is 60.4 Å². The van der Waals surface area contributed by atoms with Gasteiger partial charge >= 0.3 is 0 Å². The lowest BCUT2D eigenvalue weighted by molar-refractivity contribution is 0.0783. The van der Waals surface area contributed by atoms with Crippen molar-refractivity contribution in [1.29, 1.82) is 0 Å². The maximum Gasteiger partial charge on any atom is 0.272 e. The van der Waals surface area contributed by atoms with E-state index in [9.17, 15) is 9.59 Å². The molecule has 0 bridgehead atoms. The third-order valence-corrected chi connectivity index (χ3v) is 2.24. The molecule has 0 spiro atoms.